The van der Waals surface area contributed by atoms with Crippen molar-refractivity contribution in [3.8, 4) is 11.1 Å². The smallest absolute Gasteiger partial charge is 0.274 e. The van der Waals surface area contributed by atoms with Gasteiger partial charge in [0.05, 0.1) is 17.7 Å². The maximum absolute atomic E-state index is 14.0. The Bertz CT molecular complexity index is 1830. The number of aromatic nitrogens is 1. The Balaban J connectivity index is 1.15. The Hall–Kier alpha value is -4.73. The highest BCUT2D eigenvalue weighted by Crippen LogP contribution is 2.34. The Labute approximate surface area is 283 Å². The number of halogens is 2. The Morgan fingerprint density at radius 3 is 2.19 bits per heavy atom. The number of hydrogen-bond donors (Lipinski definition) is 1. The monoisotopic (exact) mass is 665 g/mol. The van der Waals surface area contributed by atoms with Crippen molar-refractivity contribution in [1.29, 1.82) is 0 Å². The maximum Gasteiger partial charge on any atom is 0.274 e. The molecule has 1 unspecified atom stereocenters. The van der Waals surface area contributed by atoms with Gasteiger partial charge in [0.15, 0.2) is 0 Å². The number of carbonyl (C=O) groups is 2. The third-order valence-corrected chi connectivity index (χ3v) is 9.93. The fraction of sp³-hybridized carbons (Fsp3) is 0.256. The van der Waals surface area contributed by atoms with Crippen LogP contribution in [-0.4, -0.2) is 51.4 Å². The predicted molar refractivity (Wildman–Crippen MR) is 184 cm³/mol. The lowest BCUT2D eigenvalue weighted by molar-refractivity contribution is 0.0174. The molecular weight excluding hydrogens is 629 g/mol. The topological polar surface area (TPSA) is 73.7 Å². The van der Waals surface area contributed by atoms with E-state index in [0.29, 0.717) is 54.9 Å². The summed E-state index contributed by atoms with van der Waals surface area (Å²) in [4.78, 5) is 36.0. The molecule has 1 saturated heterocycles. The van der Waals surface area contributed by atoms with Crippen LogP contribution < -0.4 is 0 Å². The second-order valence-corrected chi connectivity index (χ2v) is 13.1. The number of rotatable bonds is 10. The van der Waals surface area contributed by atoms with Crippen molar-refractivity contribution in [2.45, 2.75) is 44.2 Å². The van der Waals surface area contributed by atoms with E-state index in [1.807, 2.05) is 83.8 Å². The van der Waals surface area contributed by atoms with Crippen LogP contribution >= 0.6 is 11.3 Å². The number of nitrogens with zero attached hydrogens (tertiary/aromatic N) is 3. The molecule has 5 aromatic rings. The molecule has 1 aliphatic heterocycles. The molecule has 0 spiro atoms. The van der Waals surface area contributed by atoms with Gasteiger partial charge >= 0.3 is 0 Å². The molecule has 1 fully saturated rings. The van der Waals surface area contributed by atoms with E-state index in [1.165, 1.54) is 23.5 Å². The summed E-state index contributed by atoms with van der Waals surface area (Å²) < 4.78 is 27.5. The number of alkyl halides is 2. The van der Waals surface area contributed by atoms with E-state index in [-0.39, 0.29) is 29.9 Å². The van der Waals surface area contributed by atoms with E-state index < -0.39 is 12.0 Å². The van der Waals surface area contributed by atoms with Gasteiger partial charge in [-0.15, -0.1) is 11.3 Å². The highest BCUT2D eigenvalue weighted by Gasteiger charge is 2.31. The van der Waals surface area contributed by atoms with Crippen LogP contribution in [0.3, 0.4) is 0 Å². The average molecular weight is 666 g/mol. The van der Waals surface area contributed by atoms with Crippen molar-refractivity contribution in [3.63, 3.8) is 0 Å². The lowest BCUT2D eigenvalue weighted by Gasteiger charge is -2.32. The molecule has 48 heavy (non-hydrogen) atoms. The first-order valence-electron chi connectivity index (χ1n) is 16.1. The molecule has 2 heterocycles. The Morgan fingerprint density at radius 2 is 1.54 bits per heavy atom. The highest BCUT2D eigenvalue weighted by molar-refractivity contribution is 7.09. The summed E-state index contributed by atoms with van der Waals surface area (Å²) in [6, 6.07) is 32.0. The quantitative estimate of drug-likeness (QED) is 0.163. The minimum Gasteiger partial charge on any atom is -0.394 e. The van der Waals surface area contributed by atoms with Crippen molar-refractivity contribution < 1.29 is 23.5 Å². The van der Waals surface area contributed by atoms with Crippen LogP contribution in [0.4, 0.5) is 8.78 Å². The number of carbonyl (C=O) groups excluding carboxylic acids is 2. The van der Waals surface area contributed by atoms with Crippen LogP contribution in [0.2, 0.25) is 0 Å². The van der Waals surface area contributed by atoms with Crippen molar-refractivity contribution in [1.82, 2.24) is 14.8 Å². The lowest BCUT2D eigenvalue weighted by atomic mass is 9.94. The normalized spacial score (nSPS) is 14.5. The van der Waals surface area contributed by atoms with Gasteiger partial charge in [0.2, 0.25) is 0 Å². The first-order chi connectivity index (χ1) is 23.2. The molecule has 0 aliphatic carbocycles. The zero-order chi connectivity index (χ0) is 33.7. The summed E-state index contributed by atoms with van der Waals surface area (Å²) in [5, 5.41) is 13.1. The second kappa shape index (κ2) is 14.6. The summed E-state index contributed by atoms with van der Waals surface area (Å²) in [7, 11) is 0. The van der Waals surface area contributed by atoms with Gasteiger partial charge in [-0.2, -0.15) is 0 Å². The Morgan fingerprint density at radius 1 is 0.917 bits per heavy atom. The summed E-state index contributed by atoms with van der Waals surface area (Å²) in [6.07, 6.45) is 1.40. The third-order valence-electron chi connectivity index (χ3n) is 8.92. The average Bonchev–Trinajstić information content (AvgIpc) is 3.62. The first kappa shape index (κ1) is 33.2. The first-order valence-corrected chi connectivity index (χ1v) is 16.9. The van der Waals surface area contributed by atoms with Crippen molar-refractivity contribution in [2.75, 3.05) is 19.7 Å². The van der Waals surface area contributed by atoms with Crippen LogP contribution in [0.5, 0.6) is 0 Å². The molecule has 4 aromatic carbocycles. The number of thiazole rings is 1. The summed E-state index contributed by atoms with van der Waals surface area (Å²) >= 11 is 1.45. The van der Waals surface area contributed by atoms with E-state index in [2.05, 4.69) is 0 Å². The molecule has 0 radical (unpaired) electrons. The van der Waals surface area contributed by atoms with Crippen LogP contribution in [0.25, 0.3) is 11.1 Å². The molecule has 9 heteroatoms. The molecule has 2 amide bonds. The summed E-state index contributed by atoms with van der Waals surface area (Å²) in [5.41, 5.74) is 4.02. The van der Waals surface area contributed by atoms with Gasteiger partial charge in [-0.1, -0.05) is 103 Å². The number of aliphatic hydroxyl groups is 1. The SMILES string of the molecule is CC(F)(F)c1ccc(-c2ccccc2C(=O)N2CCC(c3nc(C(=O)N(Cc4ccccc4)C(CO)c4ccccc4)cs3)CC2)cc1. The van der Waals surface area contributed by atoms with Gasteiger partial charge in [0.25, 0.3) is 17.7 Å². The molecule has 6 rings (SSSR count). The minimum absolute atomic E-state index is 0.0718. The number of amides is 2. The van der Waals surface area contributed by atoms with Gasteiger partial charge in [-0.05, 0) is 41.2 Å². The molecule has 1 aliphatic rings. The molecular formula is C39H37F2N3O3S. The molecule has 6 nitrogen and oxygen atoms in total. The molecule has 0 saturated carbocycles. The van der Waals surface area contributed by atoms with Gasteiger partial charge in [0, 0.05) is 49.0 Å². The highest BCUT2D eigenvalue weighted by atomic mass is 32.1. The van der Waals surface area contributed by atoms with Gasteiger partial charge in [0.1, 0.15) is 5.69 Å². The minimum atomic E-state index is -2.94. The van der Waals surface area contributed by atoms with E-state index in [1.54, 1.807) is 28.5 Å². The Kier molecular flexibility index (Phi) is 10.1. The van der Waals surface area contributed by atoms with E-state index in [0.717, 1.165) is 23.1 Å². The van der Waals surface area contributed by atoms with Crippen LogP contribution in [-0.2, 0) is 12.5 Å². The van der Waals surface area contributed by atoms with Crippen LogP contribution in [0.1, 0.15) is 74.3 Å². The van der Waals surface area contributed by atoms with Crippen molar-refractivity contribution >= 4 is 23.2 Å². The molecule has 0 bridgehead atoms. The van der Waals surface area contributed by atoms with Gasteiger partial charge in [-0.3, -0.25) is 9.59 Å². The zero-order valence-electron chi connectivity index (χ0n) is 26.6. The van der Waals surface area contributed by atoms with Crippen molar-refractivity contribution in [2.24, 2.45) is 0 Å². The number of benzene rings is 4. The zero-order valence-corrected chi connectivity index (χ0v) is 27.5. The summed E-state index contributed by atoms with van der Waals surface area (Å²) in [5.74, 6) is -3.18. The van der Waals surface area contributed by atoms with Gasteiger partial charge < -0.3 is 14.9 Å². The lowest BCUT2D eigenvalue weighted by Crippen LogP contribution is -2.38. The third kappa shape index (κ3) is 7.37. The second-order valence-electron chi connectivity index (χ2n) is 12.2. The van der Waals surface area contributed by atoms with E-state index in [4.69, 9.17) is 4.98 Å². The van der Waals surface area contributed by atoms with E-state index >= 15 is 0 Å². The van der Waals surface area contributed by atoms with Crippen LogP contribution in [0, 0.1) is 0 Å². The maximum atomic E-state index is 14.0. The van der Waals surface area contributed by atoms with Crippen molar-refractivity contribution in [3.05, 3.63) is 148 Å². The predicted octanol–water partition coefficient (Wildman–Crippen LogP) is 8.32. The fourth-order valence-electron chi connectivity index (χ4n) is 6.25. The molecule has 1 atom stereocenters. The fourth-order valence-corrected chi connectivity index (χ4v) is 7.21. The molecule has 246 valence electrons. The number of likely N-dealkylation sites (tertiary alicyclic amines) is 1. The standard InChI is InChI=1S/C39H37F2N3O3S/c1-39(40,41)31-18-16-28(17-19-31)32-14-8-9-15-33(32)37(46)43-22-20-30(21-23-43)36-42-34(26-48-36)38(47)44(24-27-10-4-2-5-11-27)35(25-45)29-12-6-3-7-13-29/h2-19,26,30,35,45H,20-25H2,1H3. The van der Waals surface area contributed by atoms with E-state index in [9.17, 15) is 23.5 Å². The largest absolute Gasteiger partial charge is 0.394 e. The van der Waals surface area contributed by atoms with Gasteiger partial charge in [-0.25, -0.2) is 13.8 Å². The number of piperidine rings is 1. The van der Waals surface area contributed by atoms with Crippen LogP contribution in [0.15, 0.2) is 115 Å². The number of hydrogen-bond acceptors (Lipinski definition) is 5. The molecule has 1 aromatic heterocycles. The number of aliphatic hydroxyl groups excluding tert-OH is 1. The molecule has 1 N–H and O–H groups in total. The summed E-state index contributed by atoms with van der Waals surface area (Å²) in [6.45, 7) is 2.02.